The van der Waals surface area contributed by atoms with Crippen LogP contribution in [0.2, 0.25) is 0 Å². The molecular formula is C15H14F2O. The standard InChI is InChI=1S/C15H14F2O/c1-10-3-5-11(6-4-10)15(2,18)12-7-8-13(16)14(17)9-12/h3-9,18H,1-2H3. The highest BCUT2D eigenvalue weighted by Gasteiger charge is 2.26. The van der Waals surface area contributed by atoms with Crippen molar-refractivity contribution in [2.24, 2.45) is 0 Å². The maximum Gasteiger partial charge on any atom is 0.159 e. The number of hydrogen-bond acceptors (Lipinski definition) is 1. The van der Waals surface area contributed by atoms with Gasteiger partial charge in [0.15, 0.2) is 11.6 Å². The van der Waals surface area contributed by atoms with Crippen molar-refractivity contribution in [1.82, 2.24) is 0 Å². The van der Waals surface area contributed by atoms with Crippen molar-refractivity contribution < 1.29 is 13.9 Å². The van der Waals surface area contributed by atoms with E-state index < -0.39 is 17.2 Å². The van der Waals surface area contributed by atoms with Crippen LogP contribution in [0.15, 0.2) is 42.5 Å². The predicted octanol–water partition coefficient (Wildman–Crippen LogP) is 3.53. The molecule has 0 heterocycles. The molecule has 3 heteroatoms. The zero-order chi connectivity index (χ0) is 13.3. The Kier molecular flexibility index (Phi) is 3.18. The van der Waals surface area contributed by atoms with E-state index in [9.17, 15) is 13.9 Å². The van der Waals surface area contributed by atoms with Crippen molar-refractivity contribution in [2.45, 2.75) is 19.4 Å². The average Bonchev–Trinajstić information content (AvgIpc) is 2.33. The number of aliphatic hydroxyl groups is 1. The summed E-state index contributed by atoms with van der Waals surface area (Å²) in [4.78, 5) is 0. The lowest BCUT2D eigenvalue weighted by atomic mass is 9.88. The van der Waals surface area contributed by atoms with Gasteiger partial charge in [0.05, 0.1) is 0 Å². The first-order chi connectivity index (χ1) is 8.41. The third-order valence-electron chi connectivity index (χ3n) is 3.10. The summed E-state index contributed by atoms with van der Waals surface area (Å²) in [6.45, 7) is 3.50. The van der Waals surface area contributed by atoms with Crippen LogP contribution in [0.25, 0.3) is 0 Å². The van der Waals surface area contributed by atoms with E-state index in [1.807, 2.05) is 19.1 Å². The molecule has 0 aliphatic heterocycles. The maximum atomic E-state index is 13.2. The van der Waals surface area contributed by atoms with E-state index in [4.69, 9.17) is 0 Å². The van der Waals surface area contributed by atoms with Gasteiger partial charge in [-0.15, -0.1) is 0 Å². The number of hydrogen-bond donors (Lipinski definition) is 1. The van der Waals surface area contributed by atoms with Gasteiger partial charge in [0.25, 0.3) is 0 Å². The summed E-state index contributed by atoms with van der Waals surface area (Å²) in [6, 6.07) is 10.7. The van der Waals surface area contributed by atoms with Gasteiger partial charge < -0.3 is 5.11 Å². The Balaban J connectivity index is 2.46. The first kappa shape index (κ1) is 12.7. The van der Waals surface area contributed by atoms with E-state index >= 15 is 0 Å². The van der Waals surface area contributed by atoms with Gasteiger partial charge in [-0.25, -0.2) is 8.78 Å². The number of halogens is 2. The second-order valence-corrected chi connectivity index (χ2v) is 4.57. The molecule has 0 fully saturated rings. The van der Waals surface area contributed by atoms with E-state index in [0.717, 1.165) is 17.7 Å². The molecule has 0 bridgehead atoms. The number of aryl methyl sites for hydroxylation is 1. The van der Waals surface area contributed by atoms with Crippen LogP contribution in [0.1, 0.15) is 23.6 Å². The molecule has 1 atom stereocenters. The van der Waals surface area contributed by atoms with E-state index in [2.05, 4.69) is 0 Å². The summed E-state index contributed by atoms with van der Waals surface area (Å²) in [7, 11) is 0. The van der Waals surface area contributed by atoms with Crippen LogP contribution < -0.4 is 0 Å². The molecule has 0 aliphatic carbocycles. The summed E-state index contributed by atoms with van der Waals surface area (Å²) in [5.41, 5.74) is 0.687. The van der Waals surface area contributed by atoms with Crippen molar-refractivity contribution in [3.05, 3.63) is 70.8 Å². The van der Waals surface area contributed by atoms with Gasteiger partial charge in [0.2, 0.25) is 0 Å². The van der Waals surface area contributed by atoms with E-state index in [0.29, 0.717) is 11.1 Å². The van der Waals surface area contributed by atoms with E-state index in [-0.39, 0.29) is 0 Å². The fourth-order valence-corrected chi connectivity index (χ4v) is 1.84. The Bertz CT molecular complexity index is 559. The summed E-state index contributed by atoms with van der Waals surface area (Å²) >= 11 is 0. The van der Waals surface area contributed by atoms with Crippen molar-refractivity contribution in [3.63, 3.8) is 0 Å². The van der Waals surface area contributed by atoms with Crippen LogP contribution in [0.3, 0.4) is 0 Å². The quantitative estimate of drug-likeness (QED) is 0.862. The van der Waals surface area contributed by atoms with Gasteiger partial charge >= 0.3 is 0 Å². The zero-order valence-corrected chi connectivity index (χ0v) is 10.2. The third kappa shape index (κ3) is 2.27. The number of rotatable bonds is 2. The highest BCUT2D eigenvalue weighted by molar-refractivity contribution is 5.36. The second kappa shape index (κ2) is 4.50. The van der Waals surface area contributed by atoms with Crippen LogP contribution in [0, 0.1) is 18.6 Å². The van der Waals surface area contributed by atoms with Crippen LogP contribution >= 0.6 is 0 Å². The summed E-state index contributed by atoms with van der Waals surface area (Å²) in [5.74, 6) is -1.88. The van der Waals surface area contributed by atoms with Crippen LogP contribution in [0.5, 0.6) is 0 Å². The molecule has 94 valence electrons. The molecule has 0 radical (unpaired) electrons. The molecule has 0 spiro atoms. The van der Waals surface area contributed by atoms with Gasteiger partial charge in [0, 0.05) is 0 Å². The predicted molar refractivity (Wildman–Crippen MR) is 66.2 cm³/mol. The minimum absolute atomic E-state index is 0.324. The molecule has 2 rings (SSSR count). The summed E-state index contributed by atoms with van der Waals surface area (Å²) in [5, 5.41) is 10.5. The molecule has 18 heavy (non-hydrogen) atoms. The molecule has 1 N–H and O–H groups in total. The molecule has 0 amide bonds. The Morgan fingerprint density at radius 2 is 1.44 bits per heavy atom. The van der Waals surface area contributed by atoms with Gasteiger partial charge in [-0.05, 0) is 37.1 Å². The third-order valence-corrected chi connectivity index (χ3v) is 3.10. The topological polar surface area (TPSA) is 20.2 Å². The SMILES string of the molecule is Cc1ccc(C(C)(O)c2ccc(F)c(F)c2)cc1. The maximum absolute atomic E-state index is 13.2. The Morgan fingerprint density at radius 1 is 0.889 bits per heavy atom. The van der Waals surface area contributed by atoms with Crippen molar-refractivity contribution in [2.75, 3.05) is 0 Å². The first-order valence-electron chi connectivity index (χ1n) is 5.66. The minimum atomic E-state index is -1.35. The average molecular weight is 248 g/mol. The number of benzene rings is 2. The molecule has 0 aromatic heterocycles. The Labute approximate surface area is 105 Å². The lowest BCUT2D eigenvalue weighted by Gasteiger charge is -2.24. The van der Waals surface area contributed by atoms with E-state index in [1.165, 1.54) is 6.07 Å². The van der Waals surface area contributed by atoms with Crippen LogP contribution in [-0.4, -0.2) is 5.11 Å². The monoisotopic (exact) mass is 248 g/mol. The zero-order valence-electron chi connectivity index (χ0n) is 10.2. The van der Waals surface area contributed by atoms with E-state index in [1.54, 1.807) is 19.1 Å². The summed E-state index contributed by atoms with van der Waals surface area (Å²) in [6.07, 6.45) is 0. The van der Waals surface area contributed by atoms with Gasteiger partial charge in [-0.2, -0.15) is 0 Å². The molecule has 1 nitrogen and oxygen atoms in total. The fraction of sp³-hybridized carbons (Fsp3) is 0.200. The van der Waals surface area contributed by atoms with Crippen molar-refractivity contribution >= 4 is 0 Å². The van der Waals surface area contributed by atoms with Gasteiger partial charge in [-0.1, -0.05) is 35.9 Å². The fourth-order valence-electron chi connectivity index (χ4n) is 1.84. The largest absolute Gasteiger partial charge is 0.381 e. The minimum Gasteiger partial charge on any atom is -0.381 e. The highest BCUT2D eigenvalue weighted by Crippen LogP contribution is 2.30. The molecule has 1 unspecified atom stereocenters. The van der Waals surface area contributed by atoms with Crippen molar-refractivity contribution in [3.8, 4) is 0 Å². The summed E-state index contributed by atoms with van der Waals surface area (Å²) < 4.78 is 26.1. The molecule has 0 saturated heterocycles. The molecule has 2 aromatic carbocycles. The van der Waals surface area contributed by atoms with Gasteiger partial charge in [0.1, 0.15) is 5.60 Å². The molecule has 0 aliphatic rings. The van der Waals surface area contributed by atoms with Crippen LogP contribution in [0.4, 0.5) is 8.78 Å². The molecular weight excluding hydrogens is 234 g/mol. The smallest absolute Gasteiger partial charge is 0.159 e. The Hall–Kier alpha value is -1.74. The Morgan fingerprint density at radius 3 is 2.00 bits per heavy atom. The highest BCUT2D eigenvalue weighted by atomic mass is 19.2. The van der Waals surface area contributed by atoms with Gasteiger partial charge in [-0.3, -0.25) is 0 Å². The molecule has 2 aromatic rings. The second-order valence-electron chi connectivity index (χ2n) is 4.57. The molecule has 0 saturated carbocycles. The van der Waals surface area contributed by atoms with Crippen LogP contribution in [-0.2, 0) is 5.60 Å². The van der Waals surface area contributed by atoms with Crippen molar-refractivity contribution in [1.29, 1.82) is 0 Å². The lowest BCUT2D eigenvalue weighted by Crippen LogP contribution is -2.23. The first-order valence-corrected chi connectivity index (χ1v) is 5.66. The normalized spacial score (nSPS) is 14.3. The lowest BCUT2D eigenvalue weighted by molar-refractivity contribution is 0.102.